The van der Waals surface area contributed by atoms with Crippen LogP contribution in [-0.2, 0) is 20.0 Å². The van der Waals surface area contributed by atoms with Gasteiger partial charge in [0, 0.05) is 37.9 Å². The Hall–Kier alpha value is -0.870. The molecule has 1 aromatic rings. The normalized spacial score (nSPS) is 13.6. The number of aliphatic hydroxyl groups excluding tert-OH is 1. The Morgan fingerprint density at radius 2 is 2.06 bits per heavy atom. The van der Waals surface area contributed by atoms with E-state index >= 15 is 0 Å². The van der Waals surface area contributed by atoms with E-state index in [1.165, 1.54) is 5.56 Å². The second-order valence-electron chi connectivity index (χ2n) is 5.00. The van der Waals surface area contributed by atoms with Crippen LogP contribution in [0.2, 0.25) is 0 Å². The van der Waals surface area contributed by atoms with Gasteiger partial charge in [0.25, 0.3) is 0 Å². The molecule has 0 amide bonds. The molecule has 0 aliphatic heterocycles. The zero-order chi connectivity index (χ0) is 13.0. The zero-order valence-electron chi connectivity index (χ0n) is 11.6. The summed E-state index contributed by atoms with van der Waals surface area (Å²) in [5.41, 5.74) is 2.42. The molecule has 17 heavy (non-hydrogen) atoms. The number of rotatable bonds is 6. The van der Waals surface area contributed by atoms with Gasteiger partial charge in [0.15, 0.2) is 0 Å². The molecule has 1 aromatic heterocycles. The fourth-order valence-corrected chi connectivity index (χ4v) is 2.03. The fourth-order valence-electron chi connectivity index (χ4n) is 2.03. The highest BCUT2D eigenvalue weighted by molar-refractivity contribution is 5.17. The van der Waals surface area contributed by atoms with E-state index in [9.17, 15) is 5.11 Å². The summed E-state index contributed by atoms with van der Waals surface area (Å²) >= 11 is 0. The lowest BCUT2D eigenvalue weighted by Crippen LogP contribution is -2.36. The fraction of sp³-hybridized carbons (Fsp3) is 0.769. The highest BCUT2D eigenvalue weighted by atomic mass is 16.3. The van der Waals surface area contributed by atoms with Crippen molar-refractivity contribution in [2.75, 3.05) is 6.54 Å². The average Bonchev–Trinajstić information content (AvgIpc) is 2.57. The molecule has 4 nitrogen and oxygen atoms in total. The third kappa shape index (κ3) is 4.13. The summed E-state index contributed by atoms with van der Waals surface area (Å²) < 4.78 is 1.87. The van der Waals surface area contributed by atoms with Crippen LogP contribution < -0.4 is 0 Å². The van der Waals surface area contributed by atoms with Crippen molar-refractivity contribution in [3.05, 3.63) is 17.5 Å². The second-order valence-corrected chi connectivity index (χ2v) is 5.00. The molecule has 0 bridgehead atoms. The van der Waals surface area contributed by atoms with Crippen molar-refractivity contribution in [2.24, 2.45) is 7.05 Å². The van der Waals surface area contributed by atoms with Crippen LogP contribution in [0.4, 0.5) is 0 Å². The van der Waals surface area contributed by atoms with Crippen LogP contribution in [-0.4, -0.2) is 38.5 Å². The van der Waals surface area contributed by atoms with Crippen LogP contribution in [0.3, 0.4) is 0 Å². The third-order valence-corrected chi connectivity index (χ3v) is 2.93. The van der Waals surface area contributed by atoms with Crippen molar-refractivity contribution in [1.29, 1.82) is 0 Å². The van der Waals surface area contributed by atoms with Crippen LogP contribution in [0.25, 0.3) is 0 Å². The number of aliphatic hydroxyl groups is 1. The molecule has 1 heterocycles. The maximum atomic E-state index is 9.52. The van der Waals surface area contributed by atoms with Gasteiger partial charge in [0.05, 0.1) is 11.8 Å². The Bertz CT molecular complexity index is 344. The van der Waals surface area contributed by atoms with Crippen LogP contribution >= 0.6 is 0 Å². The Kier molecular flexibility index (Phi) is 5.15. The molecule has 1 N–H and O–H groups in total. The zero-order valence-corrected chi connectivity index (χ0v) is 11.6. The first-order chi connectivity index (χ1) is 7.93. The number of aryl methyl sites for hydroxylation is 2. The van der Waals surface area contributed by atoms with Gasteiger partial charge in [-0.05, 0) is 27.2 Å². The molecular formula is C13H25N3O. The average molecular weight is 239 g/mol. The van der Waals surface area contributed by atoms with Crippen LogP contribution in [0.15, 0.2) is 6.20 Å². The van der Waals surface area contributed by atoms with Gasteiger partial charge in [-0.2, -0.15) is 5.10 Å². The molecule has 0 saturated heterocycles. The van der Waals surface area contributed by atoms with Gasteiger partial charge < -0.3 is 5.11 Å². The van der Waals surface area contributed by atoms with Crippen molar-refractivity contribution in [2.45, 2.75) is 52.8 Å². The van der Waals surface area contributed by atoms with E-state index in [1.807, 2.05) is 18.7 Å². The van der Waals surface area contributed by atoms with Gasteiger partial charge in [0.1, 0.15) is 0 Å². The van der Waals surface area contributed by atoms with E-state index < -0.39 is 0 Å². The summed E-state index contributed by atoms with van der Waals surface area (Å²) in [7, 11) is 1.96. The molecule has 1 unspecified atom stereocenters. The van der Waals surface area contributed by atoms with Gasteiger partial charge in [-0.15, -0.1) is 0 Å². The molecule has 0 aliphatic rings. The molecule has 4 heteroatoms. The minimum atomic E-state index is -0.292. The molecule has 0 aromatic carbocycles. The molecule has 0 aliphatic carbocycles. The molecule has 0 saturated carbocycles. The van der Waals surface area contributed by atoms with E-state index in [0.717, 1.165) is 18.7 Å². The molecule has 0 radical (unpaired) electrons. The molecule has 0 spiro atoms. The maximum Gasteiger partial charge on any atom is 0.0666 e. The van der Waals surface area contributed by atoms with Crippen molar-refractivity contribution in [3.63, 3.8) is 0 Å². The summed E-state index contributed by atoms with van der Waals surface area (Å²) in [6, 6.07) is 0.425. The summed E-state index contributed by atoms with van der Waals surface area (Å²) in [4.78, 5) is 2.28. The monoisotopic (exact) mass is 239 g/mol. The maximum absolute atomic E-state index is 9.52. The predicted octanol–water partition coefficient (Wildman–Crippen LogP) is 1.57. The standard InChI is InChI=1S/C13H25N3O/c1-6-13-12(8-15(5)14-13)9-16(10(2)3)7-11(4)17/h8,10-11,17H,6-7,9H2,1-5H3. The van der Waals surface area contributed by atoms with Gasteiger partial charge in [-0.1, -0.05) is 6.92 Å². The second kappa shape index (κ2) is 6.17. The number of aromatic nitrogens is 2. The number of nitrogens with zero attached hydrogens (tertiary/aromatic N) is 3. The van der Waals surface area contributed by atoms with Crippen molar-refractivity contribution in [1.82, 2.24) is 14.7 Å². The van der Waals surface area contributed by atoms with Crippen molar-refractivity contribution < 1.29 is 5.11 Å². The highest BCUT2D eigenvalue weighted by Gasteiger charge is 2.15. The minimum Gasteiger partial charge on any atom is -0.392 e. The first-order valence-corrected chi connectivity index (χ1v) is 6.37. The lowest BCUT2D eigenvalue weighted by molar-refractivity contribution is 0.102. The Labute approximate surface area is 104 Å². The summed E-state index contributed by atoms with van der Waals surface area (Å²) in [5.74, 6) is 0. The van der Waals surface area contributed by atoms with Crippen LogP contribution in [0.5, 0.6) is 0 Å². The van der Waals surface area contributed by atoms with E-state index in [0.29, 0.717) is 12.6 Å². The summed E-state index contributed by atoms with van der Waals surface area (Å²) in [6.45, 7) is 9.84. The Morgan fingerprint density at radius 3 is 2.53 bits per heavy atom. The van der Waals surface area contributed by atoms with Crippen molar-refractivity contribution >= 4 is 0 Å². The minimum absolute atomic E-state index is 0.292. The highest BCUT2D eigenvalue weighted by Crippen LogP contribution is 2.13. The quantitative estimate of drug-likeness (QED) is 0.819. The third-order valence-electron chi connectivity index (χ3n) is 2.93. The molecule has 0 fully saturated rings. The lowest BCUT2D eigenvalue weighted by atomic mass is 10.1. The van der Waals surface area contributed by atoms with Crippen molar-refractivity contribution in [3.8, 4) is 0 Å². The lowest BCUT2D eigenvalue weighted by Gasteiger charge is -2.27. The summed E-state index contributed by atoms with van der Waals surface area (Å²) in [5, 5.41) is 14.0. The predicted molar refractivity (Wildman–Crippen MR) is 69.8 cm³/mol. The summed E-state index contributed by atoms with van der Waals surface area (Å²) in [6.07, 6.45) is 2.74. The molecule has 98 valence electrons. The van der Waals surface area contributed by atoms with E-state index in [1.54, 1.807) is 0 Å². The first kappa shape index (κ1) is 14.2. The van der Waals surface area contributed by atoms with E-state index in [-0.39, 0.29) is 6.10 Å². The number of hydrogen-bond acceptors (Lipinski definition) is 3. The van der Waals surface area contributed by atoms with Gasteiger partial charge in [0.2, 0.25) is 0 Å². The van der Waals surface area contributed by atoms with Gasteiger partial charge in [-0.3, -0.25) is 9.58 Å². The first-order valence-electron chi connectivity index (χ1n) is 6.37. The van der Waals surface area contributed by atoms with Crippen LogP contribution in [0, 0.1) is 0 Å². The van der Waals surface area contributed by atoms with E-state index in [2.05, 4.69) is 37.0 Å². The topological polar surface area (TPSA) is 41.3 Å². The Balaban J connectivity index is 2.77. The Morgan fingerprint density at radius 1 is 1.41 bits per heavy atom. The SMILES string of the molecule is CCc1nn(C)cc1CN(CC(C)O)C(C)C. The number of hydrogen-bond donors (Lipinski definition) is 1. The molecular weight excluding hydrogens is 214 g/mol. The van der Waals surface area contributed by atoms with E-state index in [4.69, 9.17) is 0 Å². The van der Waals surface area contributed by atoms with Gasteiger partial charge >= 0.3 is 0 Å². The smallest absolute Gasteiger partial charge is 0.0666 e. The largest absolute Gasteiger partial charge is 0.392 e. The molecule has 1 atom stereocenters. The van der Waals surface area contributed by atoms with Crippen LogP contribution in [0.1, 0.15) is 39.0 Å². The van der Waals surface area contributed by atoms with Gasteiger partial charge in [-0.25, -0.2) is 0 Å². The molecule has 1 rings (SSSR count).